The van der Waals surface area contributed by atoms with Crippen molar-refractivity contribution >= 4 is 16.9 Å². The number of carboxylic acid groups (broad SMARTS) is 1. The van der Waals surface area contributed by atoms with Gasteiger partial charge in [0.2, 0.25) is 0 Å². The lowest BCUT2D eigenvalue weighted by Gasteiger charge is -2.14. The third kappa shape index (κ3) is 4.82. The zero-order chi connectivity index (χ0) is 22.5. The van der Waals surface area contributed by atoms with Crippen LogP contribution >= 0.6 is 0 Å². The zero-order valence-electron chi connectivity index (χ0n) is 17.7. The monoisotopic (exact) mass is 430 g/mol. The molecule has 6 heteroatoms. The number of carbonyl (C=O) groups is 1. The number of furan rings is 1. The van der Waals surface area contributed by atoms with E-state index in [-0.39, 0.29) is 6.42 Å². The number of rotatable bonds is 9. The first kappa shape index (κ1) is 21.6. The molecule has 0 saturated carbocycles. The first-order valence-corrected chi connectivity index (χ1v) is 10.5. The van der Waals surface area contributed by atoms with E-state index in [9.17, 15) is 9.90 Å². The minimum Gasteiger partial charge on any atom is -0.489 e. The van der Waals surface area contributed by atoms with Gasteiger partial charge in [-0.1, -0.05) is 30.3 Å². The van der Waals surface area contributed by atoms with Crippen molar-refractivity contribution in [3.05, 3.63) is 89.2 Å². The van der Waals surface area contributed by atoms with Crippen LogP contribution in [0.15, 0.2) is 71.3 Å². The maximum absolute atomic E-state index is 11.3. The fourth-order valence-corrected chi connectivity index (χ4v) is 3.83. The molecule has 32 heavy (non-hydrogen) atoms. The van der Waals surface area contributed by atoms with E-state index in [0.717, 1.165) is 38.8 Å². The van der Waals surface area contributed by atoms with Crippen molar-refractivity contribution in [1.29, 1.82) is 0 Å². The molecule has 0 aliphatic carbocycles. The lowest BCUT2D eigenvalue weighted by atomic mass is 9.99. The van der Waals surface area contributed by atoms with Crippen LogP contribution < -0.4 is 16.2 Å². The van der Waals surface area contributed by atoms with Crippen LogP contribution in [0.4, 0.5) is 0 Å². The van der Waals surface area contributed by atoms with E-state index in [1.54, 1.807) is 12.3 Å². The molecule has 0 spiro atoms. The van der Waals surface area contributed by atoms with Crippen LogP contribution in [0.25, 0.3) is 22.1 Å². The number of aliphatic carboxylic acids is 1. The summed E-state index contributed by atoms with van der Waals surface area (Å²) in [6, 6.07) is 19.6. The van der Waals surface area contributed by atoms with Gasteiger partial charge in [-0.3, -0.25) is 4.79 Å². The van der Waals surface area contributed by atoms with Crippen LogP contribution in [-0.4, -0.2) is 17.6 Å². The van der Waals surface area contributed by atoms with E-state index < -0.39 is 5.97 Å². The molecule has 0 fully saturated rings. The Morgan fingerprint density at radius 1 is 0.969 bits per heavy atom. The molecule has 0 aliphatic heterocycles. The van der Waals surface area contributed by atoms with Gasteiger partial charge >= 0.3 is 5.97 Å². The van der Waals surface area contributed by atoms with Crippen molar-refractivity contribution in [3.63, 3.8) is 0 Å². The smallest absolute Gasteiger partial charge is 0.307 e. The van der Waals surface area contributed by atoms with E-state index in [4.69, 9.17) is 20.6 Å². The molecular formula is C26H26N2O4. The summed E-state index contributed by atoms with van der Waals surface area (Å²) >= 11 is 0. The molecule has 0 saturated heterocycles. The molecule has 6 nitrogen and oxygen atoms in total. The normalized spacial score (nSPS) is 11.1. The summed E-state index contributed by atoms with van der Waals surface area (Å²) in [7, 11) is 0. The molecular weight excluding hydrogens is 404 g/mol. The van der Waals surface area contributed by atoms with E-state index in [1.165, 1.54) is 0 Å². The Morgan fingerprint density at radius 2 is 1.84 bits per heavy atom. The summed E-state index contributed by atoms with van der Waals surface area (Å²) in [4.78, 5) is 11.3. The lowest BCUT2D eigenvalue weighted by molar-refractivity contribution is -0.136. The average molecular weight is 431 g/mol. The quantitative estimate of drug-likeness (QED) is 0.366. The van der Waals surface area contributed by atoms with Gasteiger partial charge in [-0.25, -0.2) is 0 Å². The van der Waals surface area contributed by atoms with Crippen LogP contribution in [0.5, 0.6) is 5.75 Å². The van der Waals surface area contributed by atoms with Crippen molar-refractivity contribution in [2.45, 2.75) is 26.0 Å². The number of hydrogen-bond acceptors (Lipinski definition) is 5. The SMILES string of the molecule is NCCc1ccc(CC(=O)O)c(OCc2cc(-c3cccc(CN)c3)c3occc3c2)c1. The predicted octanol–water partition coefficient (Wildman–Crippen LogP) is 4.27. The van der Waals surface area contributed by atoms with Crippen molar-refractivity contribution in [2.24, 2.45) is 11.5 Å². The third-order valence-electron chi connectivity index (χ3n) is 5.39. The number of carboxylic acids is 1. The largest absolute Gasteiger partial charge is 0.489 e. The van der Waals surface area contributed by atoms with Crippen LogP contribution in [0.2, 0.25) is 0 Å². The van der Waals surface area contributed by atoms with Crippen LogP contribution in [-0.2, 0) is 30.8 Å². The van der Waals surface area contributed by atoms with Gasteiger partial charge in [0.15, 0.2) is 0 Å². The van der Waals surface area contributed by atoms with Crippen LogP contribution in [0.1, 0.15) is 22.3 Å². The Labute approximate surface area is 186 Å². The lowest BCUT2D eigenvalue weighted by Crippen LogP contribution is -2.07. The number of ether oxygens (including phenoxy) is 1. The summed E-state index contributed by atoms with van der Waals surface area (Å²) < 4.78 is 11.9. The summed E-state index contributed by atoms with van der Waals surface area (Å²) in [6.07, 6.45) is 2.27. The molecule has 3 aromatic carbocycles. The molecule has 0 amide bonds. The molecule has 0 atom stereocenters. The van der Waals surface area contributed by atoms with Gasteiger partial charge in [0, 0.05) is 23.1 Å². The van der Waals surface area contributed by atoms with Crippen LogP contribution in [0, 0.1) is 0 Å². The first-order valence-electron chi connectivity index (χ1n) is 10.5. The molecule has 1 heterocycles. The molecule has 164 valence electrons. The number of hydrogen-bond donors (Lipinski definition) is 3. The maximum atomic E-state index is 11.3. The molecule has 0 unspecified atom stereocenters. The number of benzene rings is 3. The minimum atomic E-state index is -0.900. The summed E-state index contributed by atoms with van der Waals surface area (Å²) in [6.45, 7) is 1.27. The van der Waals surface area contributed by atoms with Gasteiger partial charge in [-0.2, -0.15) is 0 Å². The summed E-state index contributed by atoms with van der Waals surface area (Å²) in [5, 5.41) is 10.2. The molecule has 1 aromatic heterocycles. The summed E-state index contributed by atoms with van der Waals surface area (Å²) in [5.41, 5.74) is 17.9. The molecule has 0 bridgehead atoms. The Morgan fingerprint density at radius 3 is 2.62 bits per heavy atom. The highest BCUT2D eigenvalue weighted by molar-refractivity contribution is 5.93. The highest BCUT2D eigenvalue weighted by atomic mass is 16.5. The Hall–Kier alpha value is -3.61. The highest BCUT2D eigenvalue weighted by Gasteiger charge is 2.13. The van der Waals surface area contributed by atoms with Gasteiger partial charge in [0.25, 0.3) is 0 Å². The Bertz CT molecular complexity index is 1250. The van der Waals surface area contributed by atoms with E-state index in [0.29, 0.717) is 37.4 Å². The molecule has 5 N–H and O–H groups in total. The maximum Gasteiger partial charge on any atom is 0.307 e. The second-order valence-electron chi connectivity index (χ2n) is 7.73. The average Bonchev–Trinajstić information content (AvgIpc) is 3.27. The Balaban J connectivity index is 1.67. The minimum absolute atomic E-state index is 0.101. The van der Waals surface area contributed by atoms with Crippen molar-refractivity contribution in [3.8, 4) is 16.9 Å². The second kappa shape index (κ2) is 9.68. The van der Waals surface area contributed by atoms with Gasteiger partial charge in [-0.05, 0) is 65.6 Å². The third-order valence-corrected chi connectivity index (χ3v) is 5.39. The topological polar surface area (TPSA) is 112 Å². The first-order chi connectivity index (χ1) is 15.6. The highest BCUT2D eigenvalue weighted by Crippen LogP contribution is 2.32. The van der Waals surface area contributed by atoms with E-state index >= 15 is 0 Å². The zero-order valence-corrected chi connectivity index (χ0v) is 17.7. The fourth-order valence-electron chi connectivity index (χ4n) is 3.83. The van der Waals surface area contributed by atoms with Gasteiger partial charge in [0.1, 0.15) is 17.9 Å². The molecule has 4 rings (SSSR count). The summed E-state index contributed by atoms with van der Waals surface area (Å²) in [5.74, 6) is -0.333. The van der Waals surface area contributed by atoms with Crippen molar-refractivity contribution < 1.29 is 19.1 Å². The predicted molar refractivity (Wildman–Crippen MR) is 124 cm³/mol. The van der Waals surface area contributed by atoms with Crippen molar-refractivity contribution in [2.75, 3.05) is 6.54 Å². The molecule has 0 aliphatic rings. The molecule has 0 radical (unpaired) electrons. The number of fused-ring (bicyclic) bond motifs is 1. The van der Waals surface area contributed by atoms with Gasteiger partial charge < -0.3 is 25.7 Å². The molecule has 4 aromatic rings. The second-order valence-corrected chi connectivity index (χ2v) is 7.73. The van der Waals surface area contributed by atoms with Crippen molar-refractivity contribution in [1.82, 2.24) is 0 Å². The Kier molecular flexibility index (Phi) is 6.54. The van der Waals surface area contributed by atoms with Gasteiger partial charge in [0.05, 0.1) is 12.7 Å². The fraction of sp³-hybridized carbons (Fsp3) is 0.192. The standard InChI is InChI=1S/C26H26N2O4/c27-8-6-17-4-5-21(14-25(29)30)24(13-17)32-16-19-11-22-7-9-31-26(22)23(12-19)20-3-1-2-18(10-20)15-28/h1-5,7,9-13H,6,8,14-16,27-28H2,(H,29,30). The number of nitrogens with two attached hydrogens (primary N) is 2. The van der Waals surface area contributed by atoms with Gasteiger partial charge in [-0.15, -0.1) is 0 Å². The van der Waals surface area contributed by atoms with Crippen LogP contribution in [0.3, 0.4) is 0 Å². The van der Waals surface area contributed by atoms with E-state index in [1.807, 2.05) is 48.5 Å². The van der Waals surface area contributed by atoms with E-state index in [2.05, 4.69) is 6.07 Å².